The maximum absolute atomic E-state index is 13.9. The van der Waals surface area contributed by atoms with Gasteiger partial charge in [-0.05, 0) is 60.2 Å². The Morgan fingerprint density at radius 1 is 1.19 bits per heavy atom. The lowest BCUT2D eigenvalue weighted by atomic mass is 10.0. The van der Waals surface area contributed by atoms with E-state index in [-0.39, 0.29) is 48.9 Å². The van der Waals surface area contributed by atoms with Gasteiger partial charge >= 0.3 is 12.1 Å². The monoisotopic (exact) mass is 602 g/mol. The van der Waals surface area contributed by atoms with Crippen molar-refractivity contribution in [3.63, 3.8) is 0 Å². The van der Waals surface area contributed by atoms with Crippen molar-refractivity contribution in [2.75, 3.05) is 57.0 Å². The van der Waals surface area contributed by atoms with Crippen molar-refractivity contribution in [3.8, 4) is 5.88 Å². The molecule has 1 saturated heterocycles. The van der Waals surface area contributed by atoms with E-state index >= 15 is 0 Å². The molecular weight excluding hydrogens is 558 g/mol. The molecule has 3 atom stereocenters. The van der Waals surface area contributed by atoms with Crippen LogP contribution in [0, 0.1) is 5.92 Å². The fourth-order valence-electron chi connectivity index (χ4n) is 5.13. The van der Waals surface area contributed by atoms with E-state index in [1.807, 2.05) is 38.9 Å². The molecule has 0 aliphatic carbocycles. The zero-order valence-electron chi connectivity index (χ0n) is 25.6. The lowest BCUT2D eigenvalue weighted by Crippen LogP contribution is -2.54. The van der Waals surface area contributed by atoms with Crippen LogP contribution < -0.4 is 15.0 Å². The topological polar surface area (TPSA) is 123 Å². The Morgan fingerprint density at radius 3 is 2.69 bits per heavy atom. The standard InChI is InChI=1S/C30H43N5O6S/c1-19(2)25-27(36)35-18-21(17-24(35)28(37)39-14-15-42(5)6)41-26-22-16-20(10-8-7-9-13-40-30(38)32-25)11-12-23(22)31-29(33-26)34(3)4/h11-12,16,19,21,24-25H,7-10,13-15,17-18H2,1-6H3/p+1/t21-,24+,25+/m1/s1. The second-order valence-electron chi connectivity index (χ2n) is 11.7. The fourth-order valence-corrected chi connectivity index (χ4v) is 5.54. The minimum absolute atomic E-state index is 0.112. The van der Waals surface area contributed by atoms with E-state index in [4.69, 9.17) is 24.2 Å². The van der Waals surface area contributed by atoms with Gasteiger partial charge in [-0.15, -0.1) is 0 Å². The van der Waals surface area contributed by atoms with Crippen LogP contribution in [0.2, 0.25) is 0 Å². The van der Waals surface area contributed by atoms with Crippen LogP contribution in [0.1, 0.15) is 45.1 Å². The zero-order valence-corrected chi connectivity index (χ0v) is 26.4. The number of hydrogen-bond donors (Lipinski definition) is 1. The van der Waals surface area contributed by atoms with Gasteiger partial charge in [-0.2, -0.15) is 4.98 Å². The van der Waals surface area contributed by atoms with Crippen LogP contribution in [0.25, 0.3) is 10.9 Å². The highest BCUT2D eigenvalue weighted by Gasteiger charge is 2.45. The molecule has 2 aliphatic rings. The molecule has 2 aromatic rings. The third kappa shape index (κ3) is 7.96. The lowest BCUT2D eigenvalue weighted by molar-refractivity contribution is -0.153. The van der Waals surface area contributed by atoms with Gasteiger partial charge in [0.15, 0.2) is 0 Å². The van der Waals surface area contributed by atoms with Crippen LogP contribution in [0.15, 0.2) is 18.2 Å². The minimum Gasteiger partial charge on any atom is -0.472 e. The van der Waals surface area contributed by atoms with Gasteiger partial charge in [0, 0.05) is 20.5 Å². The van der Waals surface area contributed by atoms with Crippen molar-refractivity contribution < 1.29 is 28.6 Å². The first-order chi connectivity index (χ1) is 20.0. The van der Waals surface area contributed by atoms with Crippen molar-refractivity contribution >= 4 is 45.7 Å². The molecular formula is C30H44N5O6S+. The predicted molar refractivity (Wildman–Crippen MR) is 164 cm³/mol. The number of carbonyl (C=O) groups excluding carboxylic acids is 3. The molecule has 1 N–H and O–H groups in total. The van der Waals surface area contributed by atoms with Crippen LogP contribution in [0.4, 0.5) is 10.7 Å². The summed E-state index contributed by atoms with van der Waals surface area (Å²) in [4.78, 5) is 52.6. The van der Waals surface area contributed by atoms with Gasteiger partial charge in [-0.25, -0.2) is 14.6 Å². The van der Waals surface area contributed by atoms with E-state index in [9.17, 15) is 14.4 Å². The summed E-state index contributed by atoms with van der Waals surface area (Å²) in [7, 11) is 3.85. The van der Waals surface area contributed by atoms with Crippen molar-refractivity contribution in [2.24, 2.45) is 5.92 Å². The Balaban J connectivity index is 1.71. The first-order valence-electron chi connectivity index (χ1n) is 14.6. The number of amides is 2. The van der Waals surface area contributed by atoms with Crippen molar-refractivity contribution in [1.29, 1.82) is 0 Å². The summed E-state index contributed by atoms with van der Waals surface area (Å²) in [5.41, 5.74) is 1.89. The highest BCUT2D eigenvalue weighted by Crippen LogP contribution is 2.31. The van der Waals surface area contributed by atoms with E-state index in [1.165, 1.54) is 4.90 Å². The second kappa shape index (κ2) is 14.3. The summed E-state index contributed by atoms with van der Waals surface area (Å²) in [6, 6.07) is 4.38. The molecule has 1 aromatic heterocycles. The molecule has 12 heteroatoms. The van der Waals surface area contributed by atoms with Gasteiger partial charge in [-0.3, -0.25) is 4.79 Å². The number of carbonyl (C=O) groups is 3. The van der Waals surface area contributed by atoms with Crippen LogP contribution in [0.3, 0.4) is 0 Å². The highest BCUT2D eigenvalue weighted by atomic mass is 32.2. The van der Waals surface area contributed by atoms with Crippen LogP contribution in [-0.2, 0) is 36.4 Å². The molecule has 1 fully saturated rings. The number of esters is 1. The second-order valence-corrected chi connectivity index (χ2v) is 14.1. The molecule has 0 radical (unpaired) electrons. The first-order valence-corrected chi connectivity index (χ1v) is 16.8. The number of cyclic esters (lactones) is 1. The highest BCUT2D eigenvalue weighted by molar-refractivity contribution is 7.95. The first kappa shape index (κ1) is 31.7. The number of alkyl carbamates (subject to hydrolysis) is 1. The molecule has 4 rings (SSSR count). The summed E-state index contributed by atoms with van der Waals surface area (Å²) in [5, 5.41) is 3.53. The van der Waals surface area contributed by atoms with Crippen LogP contribution >= 0.6 is 0 Å². The number of anilines is 1. The molecule has 11 nitrogen and oxygen atoms in total. The van der Waals surface area contributed by atoms with Gasteiger partial charge < -0.3 is 29.3 Å². The number of aromatic nitrogens is 2. The molecule has 1 aromatic carbocycles. The quantitative estimate of drug-likeness (QED) is 0.393. The number of ether oxygens (including phenoxy) is 3. The fraction of sp³-hybridized carbons (Fsp3) is 0.633. The van der Waals surface area contributed by atoms with E-state index in [1.54, 1.807) is 0 Å². The molecule has 4 bridgehead atoms. The Labute approximate surface area is 251 Å². The number of benzene rings is 1. The normalized spacial score (nSPS) is 22.0. The minimum atomic E-state index is -0.870. The molecule has 0 spiro atoms. The summed E-state index contributed by atoms with van der Waals surface area (Å²) < 4.78 is 17.5. The number of nitrogens with zero attached hydrogens (tertiary/aromatic N) is 4. The number of hydrogen-bond acceptors (Lipinski definition) is 9. The van der Waals surface area contributed by atoms with Gasteiger partial charge in [0.05, 0.1) is 36.6 Å². The number of nitrogens with one attached hydrogen (secondary N) is 1. The van der Waals surface area contributed by atoms with Gasteiger partial charge in [-0.1, -0.05) is 19.9 Å². The lowest BCUT2D eigenvalue weighted by Gasteiger charge is -2.29. The maximum Gasteiger partial charge on any atom is 0.407 e. The maximum atomic E-state index is 13.9. The summed E-state index contributed by atoms with van der Waals surface area (Å²) in [6.07, 6.45) is 6.62. The smallest absolute Gasteiger partial charge is 0.407 e. The molecule has 0 unspecified atom stereocenters. The summed E-state index contributed by atoms with van der Waals surface area (Å²) in [5.74, 6) is 0.593. The van der Waals surface area contributed by atoms with E-state index in [2.05, 4.69) is 30.0 Å². The predicted octanol–water partition coefficient (Wildman–Crippen LogP) is 2.94. The van der Waals surface area contributed by atoms with E-state index in [0.717, 1.165) is 41.5 Å². The van der Waals surface area contributed by atoms with Crippen molar-refractivity contribution in [2.45, 2.75) is 64.1 Å². The summed E-state index contributed by atoms with van der Waals surface area (Å²) in [6.45, 7) is 4.39. The van der Waals surface area contributed by atoms with Gasteiger partial charge in [0.1, 0.15) is 30.5 Å². The van der Waals surface area contributed by atoms with Crippen molar-refractivity contribution in [3.05, 3.63) is 23.8 Å². The molecule has 42 heavy (non-hydrogen) atoms. The van der Waals surface area contributed by atoms with Crippen LogP contribution in [-0.4, -0.2) is 103 Å². The number of rotatable bonds is 6. The van der Waals surface area contributed by atoms with Gasteiger partial charge in [0.2, 0.25) is 17.7 Å². The molecule has 2 aliphatic heterocycles. The van der Waals surface area contributed by atoms with E-state index in [0.29, 0.717) is 18.2 Å². The number of aryl methyl sites for hydroxylation is 1. The Hall–Kier alpha value is -3.28. The average Bonchev–Trinajstić information content (AvgIpc) is 3.36. The molecule has 3 heterocycles. The SMILES string of the molecule is CC(C)[C@@H]1NC(=O)OCCCCCc2ccc3nc(N(C)C)nc(c3c2)O[C@@H]2C[C@@H](C(=O)OCC[S+](C)C)N(C2)C1=O. The zero-order chi connectivity index (χ0) is 30.4. The molecule has 230 valence electrons. The van der Waals surface area contributed by atoms with Crippen LogP contribution in [0.5, 0.6) is 5.88 Å². The third-order valence-corrected chi connectivity index (χ3v) is 8.48. The summed E-state index contributed by atoms with van der Waals surface area (Å²) >= 11 is 0. The average molecular weight is 603 g/mol. The van der Waals surface area contributed by atoms with E-state index < -0.39 is 30.3 Å². The third-order valence-electron chi connectivity index (χ3n) is 7.49. The Kier molecular flexibility index (Phi) is 10.7. The molecule has 0 saturated carbocycles. The number of fused-ring (bicyclic) bond motifs is 3. The molecule has 2 amide bonds. The Morgan fingerprint density at radius 2 is 1.98 bits per heavy atom. The van der Waals surface area contributed by atoms with Crippen molar-refractivity contribution in [1.82, 2.24) is 20.2 Å². The Bertz CT molecular complexity index is 1270. The van der Waals surface area contributed by atoms with Gasteiger partial charge in [0.25, 0.3) is 0 Å². The largest absolute Gasteiger partial charge is 0.472 e.